The van der Waals surface area contributed by atoms with Crippen LogP contribution < -0.4 is 11.1 Å². The standard InChI is InChI=1S/C15H15FN2O2/c16-12-3-1-2-10(8-12)6-7-18-14-9-11(15(19)20)4-5-13(14)17/h1-5,8-9,18H,6-7,17H2,(H,19,20). The fourth-order valence-corrected chi connectivity index (χ4v) is 1.88. The van der Waals surface area contributed by atoms with Crippen molar-refractivity contribution in [3.05, 3.63) is 59.4 Å². The smallest absolute Gasteiger partial charge is 0.335 e. The molecular weight excluding hydrogens is 259 g/mol. The molecule has 0 fully saturated rings. The third-order valence-electron chi connectivity index (χ3n) is 2.92. The lowest BCUT2D eigenvalue weighted by atomic mass is 10.1. The Hall–Kier alpha value is -2.56. The number of aromatic carboxylic acids is 1. The number of hydrogen-bond acceptors (Lipinski definition) is 3. The Labute approximate surface area is 116 Å². The maximum atomic E-state index is 13.0. The number of carbonyl (C=O) groups is 1. The molecule has 20 heavy (non-hydrogen) atoms. The number of nitrogen functional groups attached to an aromatic ring is 1. The molecule has 2 rings (SSSR count). The van der Waals surface area contributed by atoms with Crippen molar-refractivity contribution in [2.45, 2.75) is 6.42 Å². The highest BCUT2D eigenvalue weighted by atomic mass is 19.1. The number of rotatable bonds is 5. The van der Waals surface area contributed by atoms with Crippen molar-refractivity contribution >= 4 is 17.3 Å². The number of hydrogen-bond donors (Lipinski definition) is 3. The van der Waals surface area contributed by atoms with E-state index in [2.05, 4.69) is 5.32 Å². The lowest BCUT2D eigenvalue weighted by Crippen LogP contribution is -2.08. The summed E-state index contributed by atoms with van der Waals surface area (Å²) in [6.07, 6.45) is 0.620. The third-order valence-corrected chi connectivity index (χ3v) is 2.92. The molecule has 4 nitrogen and oxygen atoms in total. The highest BCUT2D eigenvalue weighted by molar-refractivity contribution is 5.90. The number of nitrogens with two attached hydrogens (primary N) is 1. The van der Waals surface area contributed by atoms with E-state index < -0.39 is 5.97 Å². The SMILES string of the molecule is Nc1ccc(C(=O)O)cc1NCCc1cccc(F)c1. The average Bonchev–Trinajstić information content (AvgIpc) is 2.40. The van der Waals surface area contributed by atoms with Crippen LogP contribution in [0.3, 0.4) is 0 Å². The first-order valence-electron chi connectivity index (χ1n) is 6.17. The molecule has 0 heterocycles. The summed E-state index contributed by atoms with van der Waals surface area (Å²) in [4.78, 5) is 10.9. The van der Waals surface area contributed by atoms with Gasteiger partial charge in [0.25, 0.3) is 0 Å². The van der Waals surface area contributed by atoms with Gasteiger partial charge in [0.2, 0.25) is 0 Å². The minimum Gasteiger partial charge on any atom is -0.478 e. The summed E-state index contributed by atoms with van der Waals surface area (Å²) in [6, 6.07) is 10.8. The zero-order valence-corrected chi connectivity index (χ0v) is 10.8. The monoisotopic (exact) mass is 274 g/mol. The van der Waals surface area contributed by atoms with E-state index in [1.165, 1.54) is 24.3 Å². The summed E-state index contributed by atoms with van der Waals surface area (Å²) < 4.78 is 13.0. The Balaban J connectivity index is 2.00. The molecule has 0 saturated heterocycles. The van der Waals surface area contributed by atoms with Crippen LogP contribution in [-0.4, -0.2) is 17.6 Å². The largest absolute Gasteiger partial charge is 0.478 e. The Kier molecular flexibility index (Phi) is 4.20. The molecule has 0 spiro atoms. The van der Waals surface area contributed by atoms with E-state index in [9.17, 15) is 9.18 Å². The molecule has 4 N–H and O–H groups in total. The normalized spacial score (nSPS) is 10.2. The molecule has 0 radical (unpaired) electrons. The molecule has 0 aliphatic rings. The van der Waals surface area contributed by atoms with E-state index in [1.807, 2.05) is 6.07 Å². The van der Waals surface area contributed by atoms with Crippen LogP contribution in [0.2, 0.25) is 0 Å². The van der Waals surface area contributed by atoms with Crippen molar-refractivity contribution in [1.82, 2.24) is 0 Å². The second kappa shape index (κ2) is 6.06. The molecule has 0 amide bonds. The quantitative estimate of drug-likeness (QED) is 0.733. The zero-order chi connectivity index (χ0) is 14.5. The van der Waals surface area contributed by atoms with Crippen molar-refractivity contribution in [3.63, 3.8) is 0 Å². The molecular formula is C15H15FN2O2. The second-order valence-electron chi connectivity index (χ2n) is 4.41. The lowest BCUT2D eigenvalue weighted by Gasteiger charge is -2.10. The second-order valence-corrected chi connectivity index (χ2v) is 4.41. The van der Waals surface area contributed by atoms with Gasteiger partial charge in [-0.2, -0.15) is 0 Å². The maximum Gasteiger partial charge on any atom is 0.335 e. The van der Waals surface area contributed by atoms with Gasteiger partial charge in [-0.3, -0.25) is 0 Å². The summed E-state index contributed by atoms with van der Waals surface area (Å²) in [5, 5.41) is 12.0. The number of carboxylic acid groups (broad SMARTS) is 1. The highest BCUT2D eigenvalue weighted by Gasteiger charge is 2.06. The van der Waals surface area contributed by atoms with E-state index in [0.29, 0.717) is 24.3 Å². The van der Waals surface area contributed by atoms with E-state index in [0.717, 1.165) is 5.56 Å². The Morgan fingerprint density at radius 3 is 2.75 bits per heavy atom. The molecule has 0 aliphatic heterocycles. The summed E-state index contributed by atoms with van der Waals surface area (Å²) in [7, 11) is 0. The van der Waals surface area contributed by atoms with Gasteiger partial charge in [0, 0.05) is 6.54 Å². The summed E-state index contributed by atoms with van der Waals surface area (Å²) in [5.74, 6) is -1.27. The summed E-state index contributed by atoms with van der Waals surface area (Å²) in [5.41, 5.74) is 7.87. The van der Waals surface area contributed by atoms with E-state index in [-0.39, 0.29) is 11.4 Å². The van der Waals surface area contributed by atoms with Crippen LogP contribution in [0.4, 0.5) is 15.8 Å². The molecule has 0 aromatic heterocycles. The van der Waals surface area contributed by atoms with Crippen LogP contribution in [0.15, 0.2) is 42.5 Å². The third kappa shape index (κ3) is 3.47. The Bertz CT molecular complexity index is 629. The fraction of sp³-hybridized carbons (Fsp3) is 0.133. The minimum absolute atomic E-state index is 0.174. The molecule has 2 aromatic carbocycles. The van der Waals surface area contributed by atoms with Crippen molar-refractivity contribution in [2.75, 3.05) is 17.6 Å². The van der Waals surface area contributed by atoms with Crippen LogP contribution in [0.25, 0.3) is 0 Å². The number of carboxylic acids is 1. The predicted molar refractivity (Wildman–Crippen MR) is 76.4 cm³/mol. The van der Waals surface area contributed by atoms with Gasteiger partial charge < -0.3 is 16.2 Å². The molecule has 0 unspecified atom stereocenters. The van der Waals surface area contributed by atoms with Crippen LogP contribution in [0, 0.1) is 5.82 Å². The van der Waals surface area contributed by atoms with Gasteiger partial charge in [-0.1, -0.05) is 12.1 Å². The van der Waals surface area contributed by atoms with Crippen molar-refractivity contribution in [2.24, 2.45) is 0 Å². The first kappa shape index (κ1) is 13.9. The number of nitrogens with one attached hydrogen (secondary N) is 1. The van der Waals surface area contributed by atoms with Crippen LogP contribution >= 0.6 is 0 Å². The van der Waals surface area contributed by atoms with Crippen LogP contribution in [0.1, 0.15) is 15.9 Å². The van der Waals surface area contributed by atoms with Gasteiger partial charge in [0.15, 0.2) is 0 Å². The molecule has 0 atom stereocenters. The first-order valence-corrected chi connectivity index (χ1v) is 6.17. The number of anilines is 2. The Morgan fingerprint density at radius 2 is 2.05 bits per heavy atom. The highest BCUT2D eigenvalue weighted by Crippen LogP contribution is 2.20. The fourth-order valence-electron chi connectivity index (χ4n) is 1.88. The predicted octanol–water partition coefficient (Wildman–Crippen LogP) is 2.76. The van der Waals surface area contributed by atoms with Crippen molar-refractivity contribution < 1.29 is 14.3 Å². The van der Waals surface area contributed by atoms with Crippen LogP contribution in [-0.2, 0) is 6.42 Å². The molecule has 5 heteroatoms. The van der Waals surface area contributed by atoms with Crippen LogP contribution in [0.5, 0.6) is 0 Å². The van der Waals surface area contributed by atoms with E-state index in [4.69, 9.17) is 10.8 Å². The average molecular weight is 274 g/mol. The van der Waals surface area contributed by atoms with Gasteiger partial charge >= 0.3 is 5.97 Å². The minimum atomic E-state index is -1.00. The van der Waals surface area contributed by atoms with E-state index >= 15 is 0 Å². The summed E-state index contributed by atoms with van der Waals surface area (Å²) in [6.45, 7) is 0.538. The molecule has 0 bridgehead atoms. The van der Waals surface area contributed by atoms with Gasteiger partial charge in [-0.15, -0.1) is 0 Å². The number of benzene rings is 2. The lowest BCUT2D eigenvalue weighted by molar-refractivity contribution is 0.0697. The van der Waals surface area contributed by atoms with Gasteiger partial charge in [-0.25, -0.2) is 9.18 Å². The van der Waals surface area contributed by atoms with Gasteiger partial charge in [0.05, 0.1) is 16.9 Å². The molecule has 2 aromatic rings. The first-order chi connectivity index (χ1) is 9.56. The van der Waals surface area contributed by atoms with Crippen molar-refractivity contribution in [3.8, 4) is 0 Å². The van der Waals surface area contributed by atoms with Crippen molar-refractivity contribution in [1.29, 1.82) is 0 Å². The molecule has 0 aliphatic carbocycles. The molecule has 0 saturated carbocycles. The molecule has 104 valence electrons. The number of halogens is 1. The van der Waals surface area contributed by atoms with Gasteiger partial charge in [-0.05, 0) is 42.3 Å². The van der Waals surface area contributed by atoms with E-state index in [1.54, 1.807) is 12.1 Å². The van der Waals surface area contributed by atoms with Gasteiger partial charge in [0.1, 0.15) is 5.82 Å². The topological polar surface area (TPSA) is 75.4 Å². The zero-order valence-electron chi connectivity index (χ0n) is 10.8. The summed E-state index contributed by atoms with van der Waals surface area (Å²) >= 11 is 0. The Morgan fingerprint density at radius 1 is 1.25 bits per heavy atom. The maximum absolute atomic E-state index is 13.0.